The van der Waals surface area contributed by atoms with E-state index in [4.69, 9.17) is 10.8 Å². The van der Waals surface area contributed by atoms with Crippen molar-refractivity contribution in [3.05, 3.63) is 26.9 Å². The van der Waals surface area contributed by atoms with Crippen LogP contribution in [0.1, 0.15) is 25.7 Å². The number of aromatic carboxylic acids is 1. The Morgan fingerprint density at radius 1 is 1.42 bits per heavy atom. The fraction of sp³-hybridized carbons (Fsp3) is 0.308. The predicted octanol–water partition coefficient (Wildman–Crippen LogP) is 3.85. The third-order valence-corrected chi connectivity index (χ3v) is 6.96. The van der Waals surface area contributed by atoms with Crippen LogP contribution in [-0.4, -0.2) is 16.8 Å². The zero-order chi connectivity index (χ0) is 13.6. The fourth-order valence-electron chi connectivity index (χ4n) is 2.18. The van der Waals surface area contributed by atoms with E-state index >= 15 is 0 Å². The molecule has 0 fully saturated rings. The number of anilines is 1. The van der Waals surface area contributed by atoms with E-state index in [0.29, 0.717) is 5.69 Å². The highest BCUT2D eigenvalue weighted by Crippen LogP contribution is 2.43. The fourth-order valence-corrected chi connectivity index (χ4v) is 5.78. The Balaban J connectivity index is 2.09. The molecule has 0 saturated carbocycles. The maximum atomic E-state index is 11.1. The van der Waals surface area contributed by atoms with Crippen molar-refractivity contribution in [1.82, 2.24) is 0 Å². The summed E-state index contributed by atoms with van der Waals surface area (Å²) in [6, 6.07) is 2.20. The number of fused-ring (bicyclic) bond motifs is 1. The standard InChI is InChI=1S/C13H13NO2S3/c1-6-10(14)12(13(15)16)19-11(6)9-4-7-5-17-3-2-8(7)18-9/h4H,2-3,5,14H2,1H3,(H,15,16). The molecule has 0 aromatic carbocycles. The van der Waals surface area contributed by atoms with Crippen LogP contribution in [0.25, 0.3) is 9.75 Å². The van der Waals surface area contributed by atoms with E-state index in [-0.39, 0.29) is 4.88 Å². The topological polar surface area (TPSA) is 63.3 Å². The number of rotatable bonds is 2. The first kappa shape index (κ1) is 13.0. The van der Waals surface area contributed by atoms with Crippen molar-refractivity contribution >= 4 is 46.1 Å². The smallest absolute Gasteiger partial charge is 0.348 e. The van der Waals surface area contributed by atoms with Crippen molar-refractivity contribution < 1.29 is 9.90 Å². The molecule has 0 spiro atoms. The molecule has 100 valence electrons. The molecule has 0 aliphatic carbocycles. The lowest BCUT2D eigenvalue weighted by atomic mass is 10.2. The first-order valence-corrected chi connectivity index (χ1v) is 8.68. The van der Waals surface area contributed by atoms with E-state index in [1.807, 2.05) is 18.7 Å². The minimum Gasteiger partial charge on any atom is -0.477 e. The second-order valence-electron chi connectivity index (χ2n) is 4.47. The summed E-state index contributed by atoms with van der Waals surface area (Å²) in [4.78, 5) is 15.0. The van der Waals surface area contributed by atoms with Gasteiger partial charge in [-0.05, 0) is 36.3 Å². The molecule has 3 N–H and O–H groups in total. The Hall–Kier alpha value is -0.980. The monoisotopic (exact) mass is 311 g/mol. The molecule has 3 heterocycles. The molecule has 3 rings (SSSR count). The number of carbonyl (C=O) groups is 1. The van der Waals surface area contributed by atoms with E-state index in [9.17, 15) is 4.79 Å². The summed E-state index contributed by atoms with van der Waals surface area (Å²) in [5, 5.41) is 9.14. The summed E-state index contributed by atoms with van der Waals surface area (Å²) in [7, 11) is 0. The molecular weight excluding hydrogens is 298 g/mol. The van der Waals surface area contributed by atoms with Gasteiger partial charge in [-0.25, -0.2) is 4.79 Å². The first-order valence-electron chi connectivity index (χ1n) is 5.89. The van der Waals surface area contributed by atoms with Gasteiger partial charge in [0.05, 0.1) is 10.6 Å². The molecule has 0 amide bonds. The highest BCUT2D eigenvalue weighted by Gasteiger charge is 2.21. The van der Waals surface area contributed by atoms with E-state index in [1.54, 1.807) is 11.3 Å². The van der Waals surface area contributed by atoms with Crippen LogP contribution in [0.5, 0.6) is 0 Å². The van der Waals surface area contributed by atoms with Gasteiger partial charge in [-0.15, -0.1) is 22.7 Å². The van der Waals surface area contributed by atoms with E-state index in [2.05, 4.69) is 6.07 Å². The molecule has 0 radical (unpaired) electrons. The molecule has 3 nitrogen and oxygen atoms in total. The molecule has 6 heteroatoms. The van der Waals surface area contributed by atoms with E-state index in [1.165, 1.54) is 27.5 Å². The van der Waals surface area contributed by atoms with Crippen LogP contribution in [0.3, 0.4) is 0 Å². The van der Waals surface area contributed by atoms with Gasteiger partial charge in [-0.2, -0.15) is 11.8 Å². The molecule has 0 atom stereocenters. The number of nitrogen functional groups attached to an aromatic ring is 1. The van der Waals surface area contributed by atoms with Crippen molar-refractivity contribution in [3.63, 3.8) is 0 Å². The van der Waals surface area contributed by atoms with Gasteiger partial charge in [0.25, 0.3) is 0 Å². The Labute approximate surface area is 123 Å². The van der Waals surface area contributed by atoms with Gasteiger partial charge in [-0.3, -0.25) is 0 Å². The Morgan fingerprint density at radius 3 is 2.84 bits per heavy atom. The van der Waals surface area contributed by atoms with Crippen LogP contribution in [0.15, 0.2) is 6.07 Å². The molecule has 2 aromatic rings. The third-order valence-electron chi connectivity index (χ3n) is 3.24. The summed E-state index contributed by atoms with van der Waals surface area (Å²) in [5.41, 5.74) is 8.60. The predicted molar refractivity (Wildman–Crippen MR) is 83.6 cm³/mol. The van der Waals surface area contributed by atoms with Gasteiger partial charge in [0.15, 0.2) is 0 Å². The van der Waals surface area contributed by atoms with Crippen molar-refractivity contribution in [2.24, 2.45) is 0 Å². The number of thioether (sulfide) groups is 1. The number of nitrogens with two attached hydrogens (primary N) is 1. The second kappa shape index (κ2) is 4.85. The van der Waals surface area contributed by atoms with Crippen LogP contribution in [0.2, 0.25) is 0 Å². The summed E-state index contributed by atoms with van der Waals surface area (Å²) in [6.45, 7) is 1.90. The lowest BCUT2D eigenvalue weighted by Gasteiger charge is -2.08. The van der Waals surface area contributed by atoms with Crippen LogP contribution in [-0.2, 0) is 12.2 Å². The minimum atomic E-state index is -0.936. The van der Waals surface area contributed by atoms with Crippen LogP contribution < -0.4 is 5.73 Å². The molecule has 0 unspecified atom stereocenters. The highest BCUT2D eigenvalue weighted by atomic mass is 32.2. The Kier molecular flexibility index (Phi) is 3.32. The van der Waals surface area contributed by atoms with Crippen LogP contribution >= 0.6 is 34.4 Å². The number of hydrogen-bond donors (Lipinski definition) is 2. The quantitative estimate of drug-likeness (QED) is 0.884. The van der Waals surface area contributed by atoms with E-state index < -0.39 is 5.97 Å². The van der Waals surface area contributed by atoms with Crippen molar-refractivity contribution in [3.8, 4) is 9.75 Å². The van der Waals surface area contributed by atoms with Gasteiger partial charge >= 0.3 is 5.97 Å². The van der Waals surface area contributed by atoms with Crippen molar-refractivity contribution in [2.75, 3.05) is 11.5 Å². The molecule has 0 bridgehead atoms. The second-order valence-corrected chi connectivity index (χ2v) is 7.73. The zero-order valence-electron chi connectivity index (χ0n) is 10.4. The number of thiophene rings is 2. The molecular formula is C13H13NO2S3. The Bertz CT molecular complexity index is 634. The summed E-state index contributed by atoms with van der Waals surface area (Å²) < 4.78 is 0. The SMILES string of the molecule is Cc1c(-c2cc3c(s2)CCSC3)sc(C(=O)O)c1N. The lowest BCUT2D eigenvalue weighted by Crippen LogP contribution is -1.97. The molecule has 2 aromatic heterocycles. The number of carboxylic acids is 1. The van der Waals surface area contributed by atoms with E-state index in [0.717, 1.165) is 27.5 Å². The number of aryl methyl sites for hydroxylation is 1. The first-order chi connectivity index (χ1) is 9.08. The average Bonchev–Trinajstić information content (AvgIpc) is 2.92. The molecule has 1 aliphatic rings. The molecule has 1 aliphatic heterocycles. The molecule has 19 heavy (non-hydrogen) atoms. The van der Waals surface area contributed by atoms with Crippen molar-refractivity contribution in [1.29, 1.82) is 0 Å². The molecule has 0 saturated heterocycles. The summed E-state index contributed by atoms with van der Waals surface area (Å²) in [5.74, 6) is 1.31. The lowest BCUT2D eigenvalue weighted by molar-refractivity contribution is 0.0703. The van der Waals surface area contributed by atoms with Gasteiger partial charge in [0.1, 0.15) is 4.88 Å². The maximum Gasteiger partial charge on any atom is 0.348 e. The Morgan fingerprint density at radius 2 is 2.21 bits per heavy atom. The third kappa shape index (κ3) is 2.17. The largest absolute Gasteiger partial charge is 0.477 e. The normalized spacial score (nSPS) is 14.4. The minimum absolute atomic E-state index is 0.258. The van der Waals surface area contributed by atoms with Crippen LogP contribution in [0.4, 0.5) is 5.69 Å². The van der Waals surface area contributed by atoms with Gasteiger partial charge in [0.2, 0.25) is 0 Å². The van der Waals surface area contributed by atoms with Gasteiger partial charge in [0, 0.05) is 15.5 Å². The maximum absolute atomic E-state index is 11.1. The van der Waals surface area contributed by atoms with Gasteiger partial charge < -0.3 is 10.8 Å². The summed E-state index contributed by atoms with van der Waals surface area (Å²) >= 11 is 5.03. The number of hydrogen-bond acceptors (Lipinski definition) is 5. The average molecular weight is 311 g/mol. The highest BCUT2D eigenvalue weighted by molar-refractivity contribution is 7.98. The van der Waals surface area contributed by atoms with Crippen molar-refractivity contribution in [2.45, 2.75) is 19.1 Å². The zero-order valence-corrected chi connectivity index (χ0v) is 12.8. The van der Waals surface area contributed by atoms with Crippen LogP contribution in [0, 0.1) is 6.92 Å². The number of carboxylic acid groups (broad SMARTS) is 1. The summed E-state index contributed by atoms with van der Waals surface area (Å²) in [6.07, 6.45) is 1.12. The van der Waals surface area contributed by atoms with Gasteiger partial charge in [-0.1, -0.05) is 0 Å².